The Kier molecular flexibility index (Phi) is 8.00. The van der Waals surface area contributed by atoms with Crippen molar-refractivity contribution in [2.24, 2.45) is 0 Å². The molecule has 1 aliphatic rings. The van der Waals surface area contributed by atoms with Gasteiger partial charge < -0.3 is 4.90 Å². The van der Waals surface area contributed by atoms with E-state index >= 15 is 0 Å². The summed E-state index contributed by atoms with van der Waals surface area (Å²) in [6, 6.07) is 15.3. The highest BCUT2D eigenvalue weighted by molar-refractivity contribution is 5.94. The first kappa shape index (κ1) is 22.4. The molecule has 0 aromatic heterocycles. The molecule has 162 valence electrons. The van der Waals surface area contributed by atoms with E-state index in [1.54, 1.807) is 0 Å². The maximum atomic E-state index is 13.1. The van der Waals surface area contributed by atoms with E-state index in [4.69, 9.17) is 0 Å². The smallest absolute Gasteiger partial charge is 0.253 e. The summed E-state index contributed by atoms with van der Waals surface area (Å²) in [6.07, 6.45) is 0.949. The molecule has 0 radical (unpaired) electrons. The first-order valence-electron chi connectivity index (χ1n) is 11.1. The Morgan fingerprint density at radius 3 is 2.27 bits per heavy atom. The van der Waals surface area contributed by atoms with E-state index in [0.717, 1.165) is 63.4 Å². The van der Waals surface area contributed by atoms with E-state index in [1.807, 2.05) is 29.2 Å². The summed E-state index contributed by atoms with van der Waals surface area (Å²) in [7, 11) is 0. The third kappa shape index (κ3) is 6.13. The monoisotopic (exact) mass is 411 g/mol. The fraction of sp³-hybridized carbons (Fsp3) is 0.480. The Labute approximate surface area is 180 Å². The fourth-order valence-corrected chi connectivity index (χ4v) is 4.01. The van der Waals surface area contributed by atoms with Crippen LogP contribution in [0.5, 0.6) is 0 Å². The van der Waals surface area contributed by atoms with Crippen LogP contribution in [0.2, 0.25) is 0 Å². The van der Waals surface area contributed by atoms with Crippen molar-refractivity contribution in [3.05, 3.63) is 71.0 Å². The van der Waals surface area contributed by atoms with Gasteiger partial charge in [-0.15, -0.1) is 0 Å². The van der Waals surface area contributed by atoms with Gasteiger partial charge in [0.2, 0.25) is 0 Å². The summed E-state index contributed by atoms with van der Waals surface area (Å²) < 4.78 is 13.1. The number of amides is 1. The van der Waals surface area contributed by atoms with Gasteiger partial charge >= 0.3 is 0 Å². The third-order valence-electron chi connectivity index (χ3n) is 5.92. The summed E-state index contributed by atoms with van der Waals surface area (Å²) >= 11 is 0. The van der Waals surface area contributed by atoms with E-state index in [2.05, 4.69) is 42.7 Å². The van der Waals surface area contributed by atoms with Crippen LogP contribution in [0.25, 0.3) is 0 Å². The molecule has 1 amide bonds. The van der Waals surface area contributed by atoms with Gasteiger partial charge in [-0.3, -0.25) is 14.6 Å². The van der Waals surface area contributed by atoms with Gasteiger partial charge in [-0.2, -0.15) is 0 Å². The van der Waals surface area contributed by atoms with Gasteiger partial charge in [0.05, 0.1) is 0 Å². The van der Waals surface area contributed by atoms with Gasteiger partial charge in [0, 0.05) is 50.9 Å². The normalized spacial score (nSPS) is 15.6. The van der Waals surface area contributed by atoms with Crippen LogP contribution < -0.4 is 0 Å². The molecule has 0 saturated carbocycles. The summed E-state index contributed by atoms with van der Waals surface area (Å²) in [5.41, 5.74) is 3.11. The number of carbonyl (C=O) groups is 1. The van der Waals surface area contributed by atoms with Crippen molar-refractivity contribution in [3.8, 4) is 0 Å². The van der Waals surface area contributed by atoms with Gasteiger partial charge in [-0.1, -0.05) is 31.2 Å². The largest absolute Gasteiger partial charge is 0.337 e. The van der Waals surface area contributed by atoms with Crippen LogP contribution in [0.15, 0.2) is 48.5 Å². The second-order valence-electron chi connectivity index (χ2n) is 8.40. The highest BCUT2D eigenvalue weighted by Crippen LogP contribution is 2.15. The molecule has 0 atom stereocenters. The second-order valence-corrected chi connectivity index (χ2v) is 8.40. The zero-order valence-corrected chi connectivity index (χ0v) is 18.5. The highest BCUT2D eigenvalue weighted by atomic mass is 19.1. The zero-order valence-electron chi connectivity index (χ0n) is 18.5. The number of halogens is 1. The molecule has 1 saturated heterocycles. The van der Waals surface area contributed by atoms with Crippen molar-refractivity contribution < 1.29 is 9.18 Å². The standard InChI is InChI=1S/C25H34FN3O/c1-4-28(20(2)3)19-22-6-10-23(11-7-22)25(30)29-15-5-14-27(16-17-29)18-21-8-12-24(26)13-9-21/h6-13,20H,4-5,14-19H2,1-3H3. The minimum absolute atomic E-state index is 0.112. The van der Waals surface area contributed by atoms with Gasteiger partial charge in [0.25, 0.3) is 5.91 Å². The zero-order chi connectivity index (χ0) is 21.5. The molecule has 1 fully saturated rings. The van der Waals surface area contributed by atoms with Crippen molar-refractivity contribution in [3.63, 3.8) is 0 Å². The average Bonchev–Trinajstić information content (AvgIpc) is 2.99. The lowest BCUT2D eigenvalue weighted by atomic mass is 10.1. The van der Waals surface area contributed by atoms with Crippen molar-refractivity contribution in [2.75, 3.05) is 32.7 Å². The second kappa shape index (κ2) is 10.7. The minimum atomic E-state index is -0.205. The van der Waals surface area contributed by atoms with E-state index in [9.17, 15) is 9.18 Å². The molecule has 2 aromatic carbocycles. The third-order valence-corrected chi connectivity index (χ3v) is 5.92. The summed E-state index contributed by atoms with van der Waals surface area (Å²) in [5.74, 6) is -0.0922. The molecular weight excluding hydrogens is 377 g/mol. The van der Waals surface area contributed by atoms with Gasteiger partial charge in [-0.25, -0.2) is 4.39 Å². The number of carbonyl (C=O) groups excluding carboxylic acids is 1. The molecule has 0 bridgehead atoms. The van der Waals surface area contributed by atoms with Crippen molar-refractivity contribution >= 4 is 5.91 Å². The lowest BCUT2D eigenvalue weighted by Gasteiger charge is -2.25. The SMILES string of the molecule is CCN(Cc1ccc(C(=O)N2CCCN(Cc3ccc(F)cc3)CC2)cc1)C(C)C. The van der Waals surface area contributed by atoms with E-state index in [0.29, 0.717) is 6.04 Å². The molecule has 0 aliphatic carbocycles. The molecule has 30 heavy (non-hydrogen) atoms. The molecule has 0 spiro atoms. The first-order chi connectivity index (χ1) is 14.5. The number of nitrogens with zero attached hydrogens (tertiary/aromatic N) is 3. The molecule has 0 unspecified atom stereocenters. The van der Waals surface area contributed by atoms with Crippen LogP contribution >= 0.6 is 0 Å². The van der Waals surface area contributed by atoms with Gasteiger partial charge in [0.1, 0.15) is 5.82 Å². The van der Waals surface area contributed by atoms with Gasteiger partial charge in [-0.05, 0) is 62.2 Å². The Balaban J connectivity index is 1.55. The average molecular weight is 412 g/mol. The lowest BCUT2D eigenvalue weighted by Crippen LogP contribution is -2.35. The van der Waals surface area contributed by atoms with E-state index < -0.39 is 0 Å². The number of rotatable bonds is 7. The Morgan fingerprint density at radius 1 is 0.967 bits per heavy atom. The Hall–Kier alpha value is -2.24. The van der Waals surface area contributed by atoms with Crippen LogP contribution in [0.4, 0.5) is 4.39 Å². The summed E-state index contributed by atoms with van der Waals surface area (Å²) in [6.45, 7) is 12.6. The highest BCUT2D eigenvalue weighted by Gasteiger charge is 2.20. The Morgan fingerprint density at radius 2 is 1.63 bits per heavy atom. The number of hydrogen-bond donors (Lipinski definition) is 0. The summed E-state index contributed by atoms with van der Waals surface area (Å²) in [4.78, 5) is 19.7. The minimum Gasteiger partial charge on any atom is -0.337 e. The first-order valence-corrected chi connectivity index (χ1v) is 11.1. The van der Waals surface area contributed by atoms with E-state index in [-0.39, 0.29) is 11.7 Å². The molecule has 3 rings (SSSR count). The molecule has 0 N–H and O–H groups in total. The van der Waals surface area contributed by atoms with Crippen LogP contribution in [-0.2, 0) is 13.1 Å². The van der Waals surface area contributed by atoms with Crippen LogP contribution in [0.3, 0.4) is 0 Å². The van der Waals surface area contributed by atoms with Crippen molar-refractivity contribution in [1.82, 2.24) is 14.7 Å². The lowest BCUT2D eigenvalue weighted by molar-refractivity contribution is 0.0761. The maximum Gasteiger partial charge on any atom is 0.253 e. The predicted octanol–water partition coefficient (Wildman–Crippen LogP) is 4.40. The molecular formula is C25H34FN3O. The van der Waals surface area contributed by atoms with Crippen molar-refractivity contribution in [1.29, 1.82) is 0 Å². The molecule has 1 heterocycles. The molecule has 4 nitrogen and oxygen atoms in total. The Bertz CT molecular complexity index is 804. The predicted molar refractivity (Wildman–Crippen MR) is 120 cm³/mol. The van der Waals surface area contributed by atoms with Crippen LogP contribution in [0, 0.1) is 5.82 Å². The fourth-order valence-electron chi connectivity index (χ4n) is 4.01. The molecule has 5 heteroatoms. The maximum absolute atomic E-state index is 13.1. The van der Waals surface area contributed by atoms with Crippen LogP contribution in [0.1, 0.15) is 48.7 Å². The molecule has 2 aromatic rings. The van der Waals surface area contributed by atoms with Crippen molar-refractivity contribution in [2.45, 2.75) is 46.3 Å². The topological polar surface area (TPSA) is 26.8 Å². The van der Waals surface area contributed by atoms with Crippen LogP contribution in [-0.4, -0.2) is 59.4 Å². The molecule has 1 aliphatic heterocycles. The number of benzene rings is 2. The van der Waals surface area contributed by atoms with Gasteiger partial charge in [0.15, 0.2) is 0 Å². The van der Waals surface area contributed by atoms with E-state index in [1.165, 1.54) is 17.7 Å². The summed E-state index contributed by atoms with van der Waals surface area (Å²) in [5, 5.41) is 0. The quantitative estimate of drug-likeness (QED) is 0.675. The number of hydrogen-bond acceptors (Lipinski definition) is 3.